The summed E-state index contributed by atoms with van der Waals surface area (Å²) in [5, 5.41) is 8.67. The van der Waals surface area contributed by atoms with Crippen LogP contribution in [0.2, 0.25) is 0 Å². The van der Waals surface area contributed by atoms with Crippen LogP contribution in [0.1, 0.15) is 11.3 Å². The number of imidazole rings is 1. The second kappa shape index (κ2) is 3.14. The summed E-state index contributed by atoms with van der Waals surface area (Å²) in [7, 11) is 0. The zero-order chi connectivity index (χ0) is 10.1. The van der Waals surface area contributed by atoms with Crippen molar-refractivity contribution in [2.45, 2.75) is 13.3 Å². The molecule has 0 amide bonds. The fourth-order valence-electron chi connectivity index (χ4n) is 1.49. The van der Waals surface area contributed by atoms with Crippen LogP contribution in [0.4, 0.5) is 0 Å². The van der Waals surface area contributed by atoms with Gasteiger partial charge in [0.1, 0.15) is 5.65 Å². The average molecular weight is 190 g/mol. The molecule has 0 spiro atoms. The van der Waals surface area contributed by atoms with Crippen molar-refractivity contribution in [1.29, 1.82) is 0 Å². The van der Waals surface area contributed by atoms with E-state index in [-0.39, 0.29) is 6.42 Å². The minimum Gasteiger partial charge on any atom is -0.481 e. The van der Waals surface area contributed by atoms with E-state index in [1.807, 2.05) is 29.7 Å². The van der Waals surface area contributed by atoms with Crippen molar-refractivity contribution in [2.75, 3.05) is 0 Å². The van der Waals surface area contributed by atoms with Gasteiger partial charge >= 0.3 is 5.97 Å². The zero-order valence-corrected chi connectivity index (χ0v) is 7.77. The number of aryl methyl sites for hydroxylation is 1. The van der Waals surface area contributed by atoms with E-state index >= 15 is 0 Å². The van der Waals surface area contributed by atoms with Crippen molar-refractivity contribution in [1.82, 2.24) is 9.38 Å². The largest absolute Gasteiger partial charge is 0.481 e. The number of hydrogen-bond donors (Lipinski definition) is 1. The number of hydrogen-bond acceptors (Lipinski definition) is 2. The molecule has 14 heavy (non-hydrogen) atoms. The third-order valence-electron chi connectivity index (χ3n) is 2.14. The summed E-state index contributed by atoms with van der Waals surface area (Å²) < 4.78 is 1.81. The van der Waals surface area contributed by atoms with Crippen LogP contribution in [0.15, 0.2) is 24.5 Å². The number of carboxylic acids is 1. The summed E-state index contributed by atoms with van der Waals surface area (Å²) in [5.74, 6) is -0.840. The maximum absolute atomic E-state index is 10.6. The van der Waals surface area contributed by atoms with Gasteiger partial charge in [-0.1, -0.05) is 6.07 Å². The normalized spacial score (nSPS) is 10.6. The van der Waals surface area contributed by atoms with Gasteiger partial charge in [-0.05, 0) is 18.6 Å². The molecule has 0 aromatic carbocycles. The molecule has 0 unspecified atom stereocenters. The highest BCUT2D eigenvalue weighted by Crippen LogP contribution is 2.11. The topological polar surface area (TPSA) is 54.6 Å². The summed E-state index contributed by atoms with van der Waals surface area (Å²) >= 11 is 0. The van der Waals surface area contributed by atoms with Gasteiger partial charge in [0, 0.05) is 12.4 Å². The van der Waals surface area contributed by atoms with E-state index in [1.165, 1.54) is 0 Å². The van der Waals surface area contributed by atoms with E-state index in [9.17, 15) is 4.79 Å². The van der Waals surface area contributed by atoms with Crippen LogP contribution in [-0.4, -0.2) is 20.5 Å². The highest BCUT2D eigenvalue weighted by molar-refractivity contribution is 5.70. The van der Waals surface area contributed by atoms with E-state index in [0.717, 1.165) is 11.2 Å². The second-order valence-electron chi connectivity index (χ2n) is 3.20. The maximum atomic E-state index is 10.6. The van der Waals surface area contributed by atoms with Crippen LogP contribution in [0.3, 0.4) is 0 Å². The Balaban J connectivity index is 2.58. The highest BCUT2D eigenvalue weighted by atomic mass is 16.4. The molecule has 0 aliphatic carbocycles. The second-order valence-corrected chi connectivity index (χ2v) is 3.20. The van der Waals surface area contributed by atoms with Gasteiger partial charge < -0.3 is 9.51 Å². The molecule has 0 atom stereocenters. The smallest absolute Gasteiger partial charge is 0.309 e. The van der Waals surface area contributed by atoms with Gasteiger partial charge in [0.25, 0.3) is 0 Å². The molecule has 0 saturated carbocycles. The number of carboxylic acid groups (broad SMARTS) is 1. The van der Waals surface area contributed by atoms with Gasteiger partial charge in [-0.25, -0.2) is 4.98 Å². The maximum Gasteiger partial charge on any atom is 0.309 e. The van der Waals surface area contributed by atoms with Crippen LogP contribution in [-0.2, 0) is 11.2 Å². The number of pyridine rings is 1. The summed E-state index contributed by atoms with van der Waals surface area (Å²) in [6.07, 6.45) is 3.44. The van der Waals surface area contributed by atoms with Crippen molar-refractivity contribution in [3.63, 3.8) is 0 Å². The standard InChI is InChI=1S/C10H10N2O2/c1-7-3-2-4-12-8(5-9(13)14)6-11-10(7)12/h2-4,6H,5H2,1H3,(H,13,14). The fraction of sp³-hybridized carbons (Fsp3) is 0.200. The van der Waals surface area contributed by atoms with E-state index in [2.05, 4.69) is 4.98 Å². The first kappa shape index (κ1) is 8.74. The van der Waals surface area contributed by atoms with Crippen LogP contribution in [0.25, 0.3) is 5.65 Å². The molecule has 0 bridgehead atoms. The van der Waals surface area contributed by atoms with Crippen molar-refractivity contribution < 1.29 is 9.90 Å². The summed E-state index contributed by atoms with van der Waals surface area (Å²) in [4.78, 5) is 14.7. The molecule has 0 aliphatic rings. The summed E-state index contributed by atoms with van der Waals surface area (Å²) in [6.45, 7) is 1.95. The molecule has 2 aromatic rings. The average Bonchev–Trinajstić information content (AvgIpc) is 2.49. The van der Waals surface area contributed by atoms with Gasteiger partial charge in [0.2, 0.25) is 0 Å². The van der Waals surface area contributed by atoms with Crippen molar-refractivity contribution in [3.8, 4) is 0 Å². The number of carbonyl (C=O) groups is 1. The van der Waals surface area contributed by atoms with Crippen LogP contribution in [0, 0.1) is 6.92 Å². The summed E-state index contributed by atoms with van der Waals surface area (Å²) in [6, 6.07) is 3.84. The molecular weight excluding hydrogens is 180 g/mol. The first-order valence-electron chi connectivity index (χ1n) is 4.32. The molecular formula is C10H10N2O2. The molecule has 4 heteroatoms. The lowest BCUT2D eigenvalue weighted by molar-refractivity contribution is -0.136. The van der Waals surface area contributed by atoms with Crippen LogP contribution >= 0.6 is 0 Å². The molecule has 2 aromatic heterocycles. The van der Waals surface area contributed by atoms with Crippen molar-refractivity contribution >= 4 is 11.6 Å². The molecule has 0 aliphatic heterocycles. The van der Waals surface area contributed by atoms with Crippen LogP contribution in [0.5, 0.6) is 0 Å². The molecule has 72 valence electrons. The van der Waals surface area contributed by atoms with Gasteiger partial charge in [-0.3, -0.25) is 4.79 Å². The molecule has 1 N–H and O–H groups in total. The molecule has 2 rings (SSSR count). The first-order valence-corrected chi connectivity index (χ1v) is 4.32. The Morgan fingerprint density at radius 3 is 3.14 bits per heavy atom. The Morgan fingerprint density at radius 2 is 2.43 bits per heavy atom. The lowest BCUT2D eigenvalue weighted by atomic mass is 10.3. The van der Waals surface area contributed by atoms with Gasteiger partial charge in [-0.2, -0.15) is 0 Å². The first-order chi connectivity index (χ1) is 6.68. The quantitative estimate of drug-likeness (QED) is 0.775. The minimum absolute atomic E-state index is 0.00458. The lowest BCUT2D eigenvalue weighted by Gasteiger charge is -1.99. The van der Waals surface area contributed by atoms with Gasteiger partial charge in [0.05, 0.1) is 12.1 Å². The summed E-state index contributed by atoms with van der Waals surface area (Å²) in [5.41, 5.74) is 2.57. The third kappa shape index (κ3) is 1.35. The predicted molar refractivity (Wildman–Crippen MR) is 51.3 cm³/mol. The predicted octanol–water partition coefficient (Wildman–Crippen LogP) is 1.27. The Hall–Kier alpha value is -1.84. The Morgan fingerprint density at radius 1 is 1.64 bits per heavy atom. The SMILES string of the molecule is Cc1cccn2c(CC(=O)O)cnc12. The third-order valence-corrected chi connectivity index (χ3v) is 2.14. The molecule has 2 heterocycles. The number of nitrogens with zero attached hydrogens (tertiary/aromatic N) is 2. The van der Waals surface area contributed by atoms with Crippen molar-refractivity contribution in [2.24, 2.45) is 0 Å². The molecule has 0 saturated heterocycles. The van der Waals surface area contributed by atoms with E-state index in [0.29, 0.717) is 5.69 Å². The lowest BCUT2D eigenvalue weighted by Crippen LogP contribution is -2.03. The van der Waals surface area contributed by atoms with E-state index < -0.39 is 5.97 Å². The van der Waals surface area contributed by atoms with Gasteiger partial charge in [-0.15, -0.1) is 0 Å². The fourth-order valence-corrected chi connectivity index (χ4v) is 1.49. The van der Waals surface area contributed by atoms with E-state index in [1.54, 1.807) is 6.20 Å². The molecule has 4 nitrogen and oxygen atoms in total. The number of fused-ring (bicyclic) bond motifs is 1. The highest BCUT2D eigenvalue weighted by Gasteiger charge is 2.07. The molecule has 0 radical (unpaired) electrons. The Labute approximate surface area is 80.8 Å². The van der Waals surface area contributed by atoms with Crippen LogP contribution < -0.4 is 0 Å². The number of aromatic nitrogens is 2. The Kier molecular flexibility index (Phi) is 1.96. The molecule has 0 fully saturated rings. The number of rotatable bonds is 2. The number of aliphatic carboxylic acids is 1. The zero-order valence-electron chi connectivity index (χ0n) is 7.77. The van der Waals surface area contributed by atoms with Gasteiger partial charge in [0.15, 0.2) is 0 Å². The monoisotopic (exact) mass is 190 g/mol. The van der Waals surface area contributed by atoms with Crippen molar-refractivity contribution in [3.05, 3.63) is 35.8 Å². The minimum atomic E-state index is -0.840. The Bertz CT molecular complexity index is 488. The van der Waals surface area contributed by atoms with E-state index in [4.69, 9.17) is 5.11 Å².